The first-order valence-electron chi connectivity index (χ1n) is 6.53. The number of pyridine rings is 1. The number of nitrogens with two attached hydrogens (primary N) is 1. The molecule has 102 valence electrons. The lowest BCUT2D eigenvalue weighted by Gasteiger charge is -2.15. The highest BCUT2D eigenvalue weighted by Crippen LogP contribution is 2.27. The van der Waals surface area contributed by atoms with E-state index in [4.69, 9.17) is 10.7 Å². The van der Waals surface area contributed by atoms with Crippen LogP contribution in [0.4, 0.5) is 5.13 Å². The number of hydrogen-bond donors (Lipinski definition) is 1. The van der Waals surface area contributed by atoms with Crippen LogP contribution >= 0.6 is 11.3 Å². The minimum Gasteiger partial charge on any atom is -0.347 e. The normalized spacial score (nSPS) is 10.7. The number of thiazole rings is 1. The molecule has 5 heteroatoms. The van der Waals surface area contributed by atoms with Gasteiger partial charge >= 0.3 is 0 Å². The van der Waals surface area contributed by atoms with Gasteiger partial charge < -0.3 is 10.6 Å². The van der Waals surface area contributed by atoms with Gasteiger partial charge in [0.2, 0.25) is 0 Å². The zero-order chi connectivity index (χ0) is 13.7. The number of nitrogens with zero attached hydrogens (tertiary/aromatic N) is 3. The lowest BCUT2D eigenvalue weighted by Crippen LogP contribution is -2.16. The van der Waals surface area contributed by atoms with E-state index in [2.05, 4.69) is 29.9 Å². The van der Waals surface area contributed by atoms with Gasteiger partial charge in [-0.3, -0.25) is 4.98 Å². The third-order valence-electron chi connectivity index (χ3n) is 2.91. The topological polar surface area (TPSA) is 55.0 Å². The molecule has 0 saturated heterocycles. The highest BCUT2D eigenvalue weighted by Gasteiger charge is 2.12. The number of aryl methyl sites for hydroxylation is 1. The second-order valence-electron chi connectivity index (χ2n) is 4.54. The van der Waals surface area contributed by atoms with E-state index in [1.54, 1.807) is 17.5 Å². The van der Waals surface area contributed by atoms with Crippen LogP contribution in [0.2, 0.25) is 0 Å². The Kier molecular flexibility index (Phi) is 4.87. The minimum absolute atomic E-state index is 0.577. The van der Waals surface area contributed by atoms with Crippen LogP contribution in [0.1, 0.15) is 29.5 Å². The van der Waals surface area contributed by atoms with Gasteiger partial charge in [-0.1, -0.05) is 19.4 Å². The number of aromatic nitrogens is 2. The lowest BCUT2D eigenvalue weighted by molar-refractivity contribution is 0.853. The van der Waals surface area contributed by atoms with Crippen LogP contribution in [0.25, 0.3) is 0 Å². The van der Waals surface area contributed by atoms with Gasteiger partial charge in [-0.25, -0.2) is 4.98 Å². The third-order valence-corrected chi connectivity index (χ3v) is 4.14. The Morgan fingerprint density at radius 2 is 2.26 bits per heavy atom. The summed E-state index contributed by atoms with van der Waals surface area (Å²) in [5, 5.41) is 1.03. The summed E-state index contributed by atoms with van der Waals surface area (Å²) < 4.78 is 0. The molecule has 0 radical (unpaired) electrons. The molecule has 0 aliphatic carbocycles. The first kappa shape index (κ1) is 14.0. The molecular formula is C14H20N4S. The van der Waals surface area contributed by atoms with E-state index in [9.17, 15) is 0 Å². The fourth-order valence-corrected chi connectivity index (χ4v) is 2.90. The second-order valence-corrected chi connectivity index (χ2v) is 5.60. The largest absolute Gasteiger partial charge is 0.347 e. The smallest absolute Gasteiger partial charge is 0.185 e. The maximum absolute atomic E-state index is 5.79. The van der Waals surface area contributed by atoms with Crippen molar-refractivity contribution >= 4 is 16.5 Å². The van der Waals surface area contributed by atoms with Crippen LogP contribution < -0.4 is 10.6 Å². The SMILES string of the molecule is CCCc1nc(N(C)Cc2cccnc2)sc1CN. The van der Waals surface area contributed by atoms with Gasteiger partial charge in [0.25, 0.3) is 0 Å². The monoisotopic (exact) mass is 276 g/mol. The molecular weight excluding hydrogens is 256 g/mol. The average molecular weight is 276 g/mol. The van der Waals surface area contributed by atoms with E-state index < -0.39 is 0 Å². The van der Waals surface area contributed by atoms with Crippen molar-refractivity contribution in [1.82, 2.24) is 9.97 Å². The fraction of sp³-hybridized carbons (Fsp3) is 0.429. The Morgan fingerprint density at radius 1 is 1.42 bits per heavy atom. The van der Waals surface area contributed by atoms with Crippen LogP contribution in [0, 0.1) is 0 Å². The Hall–Kier alpha value is -1.46. The molecule has 19 heavy (non-hydrogen) atoms. The predicted molar refractivity (Wildman–Crippen MR) is 80.3 cm³/mol. The fourth-order valence-electron chi connectivity index (χ4n) is 1.96. The highest BCUT2D eigenvalue weighted by atomic mass is 32.1. The van der Waals surface area contributed by atoms with Crippen molar-refractivity contribution < 1.29 is 0 Å². The van der Waals surface area contributed by atoms with Crippen molar-refractivity contribution in [3.63, 3.8) is 0 Å². The molecule has 2 N–H and O–H groups in total. The molecule has 2 aromatic heterocycles. The molecule has 0 amide bonds. The van der Waals surface area contributed by atoms with Gasteiger partial charge in [0, 0.05) is 37.4 Å². The minimum atomic E-state index is 0.577. The summed E-state index contributed by atoms with van der Waals surface area (Å²) in [4.78, 5) is 12.2. The molecule has 0 unspecified atom stereocenters. The summed E-state index contributed by atoms with van der Waals surface area (Å²) in [5.41, 5.74) is 8.13. The predicted octanol–water partition coefficient (Wildman–Crippen LogP) is 2.59. The molecule has 0 aliphatic rings. The summed E-state index contributed by atoms with van der Waals surface area (Å²) in [7, 11) is 2.06. The van der Waals surface area contributed by atoms with Crippen LogP contribution in [0.3, 0.4) is 0 Å². The van der Waals surface area contributed by atoms with E-state index in [0.29, 0.717) is 6.54 Å². The summed E-state index contributed by atoms with van der Waals surface area (Å²) in [6.45, 7) is 3.56. The first-order chi connectivity index (χ1) is 9.24. The van der Waals surface area contributed by atoms with Gasteiger partial charge in [-0.2, -0.15) is 0 Å². The van der Waals surface area contributed by atoms with Crippen molar-refractivity contribution in [1.29, 1.82) is 0 Å². The molecule has 2 rings (SSSR count). The molecule has 4 nitrogen and oxygen atoms in total. The van der Waals surface area contributed by atoms with Crippen LogP contribution in [-0.2, 0) is 19.5 Å². The number of anilines is 1. The molecule has 0 spiro atoms. The van der Waals surface area contributed by atoms with Crippen LogP contribution in [-0.4, -0.2) is 17.0 Å². The van der Waals surface area contributed by atoms with E-state index in [-0.39, 0.29) is 0 Å². The van der Waals surface area contributed by atoms with Gasteiger partial charge in [0.1, 0.15) is 0 Å². The Balaban J connectivity index is 2.12. The first-order valence-corrected chi connectivity index (χ1v) is 7.35. The van der Waals surface area contributed by atoms with Crippen LogP contribution in [0.15, 0.2) is 24.5 Å². The van der Waals surface area contributed by atoms with E-state index in [1.165, 1.54) is 10.4 Å². The summed E-state index contributed by atoms with van der Waals surface area (Å²) in [6, 6.07) is 4.03. The maximum Gasteiger partial charge on any atom is 0.185 e. The van der Waals surface area contributed by atoms with Crippen molar-refractivity contribution in [2.24, 2.45) is 5.73 Å². The van der Waals surface area contributed by atoms with Gasteiger partial charge in [0.05, 0.1) is 5.69 Å². The molecule has 0 atom stereocenters. The quantitative estimate of drug-likeness (QED) is 0.881. The molecule has 0 aliphatic heterocycles. The standard InChI is InChI=1S/C14H20N4S/c1-3-5-12-13(8-15)19-14(17-12)18(2)10-11-6-4-7-16-9-11/h4,6-7,9H,3,5,8,10,15H2,1-2H3. The van der Waals surface area contributed by atoms with Crippen molar-refractivity contribution in [3.05, 3.63) is 40.7 Å². The summed E-state index contributed by atoms with van der Waals surface area (Å²) in [6.07, 6.45) is 5.78. The molecule has 2 aromatic rings. The molecule has 0 saturated carbocycles. The van der Waals surface area contributed by atoms with E-state index in [0.717, 1.165) is 30.2 Å². The van der Waals surface area contributed by atoms with Crippen molar-refractivity contribution in [2.75, 3.05) is 11.9 Å². The molecule has 0 fully saturated rings. The molecule has 0 bridgehead atoms. The van der Waals surface area contributed by atoms with Gasteiger partial charge in [0.15, 0.2) is 5.13 Å². The Labute approximate surface area is 118 Å². The van der Waals surface area contributed by atoms with Crippen molar-refractivity contribution in [3.8, 4) is 0 Å². The highest BCUT2D eigenvalue weighted by molar-refractivity contribution is 7.15. The van der Waals surface area contributed by atoms with Crippen LogP contribution in [0.5, 0.6) is 0 Å². The third kappa shape index (κ3) is 3.52. The second kappa shape index (κ2) is 6.63. The number of hydrogen-bond acceptors (Lipinski definition) is 5. The Bertz CT molecular complexity index is 509. The zero-order valence-corrected chi connectivity index (χ0v) is 12.3. The Morgan fingerprint density at radius 3 is 2.89 bits per heavy atom. The summed E-state index contributed by atoms with van der Waals surface area (Å²) in [5.74, 6) is 0. The van der Waals surface area contributed by atoms with Gasteiger partial charge in [-0.05, 0) is 18.1 Å². The lowest BCUT2D eigenvalue weighted by atomic mass is 10.2. The molecule has 0 aromatic carbocycles. The summed E-state index contributed by atoms with van der Waals surface area (Å²) >= 11 is 1.70. The van der Waals surface area contributed by atoms with E-state index in [1.807, 2.05) is 12.3 Å². The number of rotatable bonds is 6. The van der Waals surface area contributed by atoms with E-state index >= 15 is 0 Å². The average Bonchev–Trinajstić information content (AvgIpc) is 2.83. The zero-order valence-electron chi connectivity index (χ0n) is 11.5. The maximum atomic E-state index is 5.79. The van der Waals surface area contributed by atoms with Gasteiger partial charge in [-0.15, -0.1) is 11.3 Å². The van der Waals surface area contributed by atoms with Crippen molar-refractivity contribution in [2.45, 2.75) is 32.9 Å². The molecule has 2 heterocycles.